The third-order valence-electron chi connectivity index (χ3n) is 4.82. The van der Waals surface area contributed by atoms with E-state index in [1.807, 2.05) is 18.2 Å². The number of hydrogen-bond acceptors (Lipinski definition) is 4. The summed E-state index contributed by atoms with van der Waals surface area (Å²) in [6.45, 7) is 9.23. The first-order chi connectivity index (χ1) is 14.0. The molecule has 160 valence electrons. The molecular formula is C23H35N3O3. The fourth-order valence-electron chi connectivity index (χ4n) is 3.05. The molecule has 1 aliphatic heterocycles. The predicted molar refractivity (Wildman–Crippen MR) is 116 cm³/mol. The number of ether oxygens (including phenoxy) is 1. The Labute approximate surface area is 174 Å². The molecule has 6 heteroatoms. The van der Waals surface area contributed by atoms with E-state index < -0.39 is 0 Å². The van der Waals surface area contributed by atoms with Gasteiger partial charge in [-0.25, -0.2) is 4.79 Å². The second-order valence-electron chi connectivity index (χ2n) is 7.97. The number of imide groups is 1. The second kappa shape index (κ2) is 12.3. The van der Waals surface area contributed by atoms with Crippen molar-refractivity contribution in [3.63, 3.8) is 0 Å². The highest BCUT2D eigenvalue weighted by atomic mass is 16.5. The van der Waals surface area contributed by atoms with E-state index in [0.717, 1.165) is 38.2 Å². The largest absolute Gasteiger partial charge is 0.493 e. The van der Waals surface area contributed by atoms with Crippen molar-refractivity contribution in [3.05, 3.63) is 42.0 Å². The minimum atomic E-state index is -0.289. The molecule has 1 atom stereocenters. The summed E-state index contributed by atoms with van der Waals surface area (Å²) in [5.41, 5.74) is 1.24. The zero-order chi connectivity index (χ0) is 21.1. The molecular weight excluding hydrogens is 366 g/mol. The Morgan fingerprint density at radius 2 is 2.03 bits per heavy atom. The number of allylic oxidation sites excluding steroid dienone is 1. The molecule has 2 rings (SSSR count). The smallest absolute Gasteiger partial charge is 0.324 e. The van der Waals surface area contributed by atoms with Gasteiger partial charge in [-0.05, 0) is 56.3 Å². The van der Waals surface area contributed by atoms with Crippen molar-refractivity contribution in [1.29, 1.82) is 0 Å². The molecule has 0 spiro atoms. The minimum Gasteiger partial charge on any atom is -0.493 e. The molecule has 3 amide bonds. The van der Waals surface area contributed by atoms with Gasteiger partial charge in [0.1, 0.15) is 5.75 Å². The van der Waals surface area contributed by atoms with Crippen LogP contribution >= 0.6 is 0 Å². The molecule has 1 heterocycles. The number of hydrogen-bond donors (Lipinski definition) is 2. The van der Waals surface area contributed by atoms with Crippen LogP contribution in [0.2, 0.25) is 0 Å². The molecule has 1 saturated heterocycles. The van der Waals surface area contributed by atoms with E-state index in [1.165, 1.54) is 5.56 Å². The number of carbonyl (C=O) groups excluding carboxylic acids is 2. The Kier molecular flexibility index (Phi) is 9.71. The number of carbonyl (C=O) groups is 2. The van der Waals surface area contributed by atoms with E-state index in [2.05, 4.69) is 49.6 Å². The van der Waals surface area contributed by atoms with Gasteiger partial charge in [-0.3, -0.25) is 10.1 Å². The molecule has 0 radical (unpaired) electrons. The van der Waals surface area contributed by atoms with E-state index in [-0.39, 0.29) is 18.0 Å². The zero-order valence-corrected chi connectivity index (χ0v) is 17.9. The van der Waals surface area contributed by atoms with Crippen LogP contribution in [0.5, 0.6) is 5.75 Å². The number of nitrogens with zero attached hydrogens (tertiary/aromatic N) is 1. The lowest BCUT2D eigenvalue weighted by molar-refractivity contribution is -0.121. The van der Waals surface area contributed by atoms with Gasteiger partial charge in [0.15, 0.2) is 0 Å². The third-order valence-corrected chi connectivity index (χ3v) is 4.82. The second-order valence-corrected chi connectivity index (χ2v) is 7.97. The van der Waals surface area contributed by atoms with Crippen molar-refractivity contribution in [1.82, 2.24) is 15.5 Å². The Hall–Kier alpha value is -2.34. The van der Waals surface area contributed by atoms with Crippen molar-refractivity contribution in [3.8, 4) is 5.75 Å². The van der Waals surface area contributed by atoms with Crippen molar-refractivity contribution in [2.75, 3.05) is 26.2 Å². The summed E-state index contributed by atoms with van der Waals surface area (Å²) in [5.74, 6) is 1.26. The lowest BCUT2D eigenvalue weighted by Gasteiger charge is -2.25. The van der Waals surface area contributed by atoms with E-state index in [4.69, 9.17) is 4.74 Å². The first-order valence-electron chi connectivity index (χ1n) is 10.7. The van der Waals surface area contributed by atoms with Gasteiger partial charge in [-0.2, -0.15) is 0 Å². The van der Waals surface area contributed by atoms with E-state index in [1.54, 1.807) is 4.90 Å². The van der Waals surface area contributed by atoms with Gasteiger partial charge in [-0.1, -0.05) is 38.1 Å². The molecule has 0 bridgehead atoms. The standard InChI is InChI=1S/C23H35N3O3/c1-18(2)17-29-21-11-9-10-20(16-21)19(3)24-13-7-5-4-6-8-14-26-15-12-22(27)25-23(26)28/h6,8-11,16,18-19,24H,4-5,7,12-15,17H2,1-3H3,(H,25,27,28)/b8-6+/t19-/m1/s1. The number of benzene rings is 1. The molecule has 0 unspecified atom stereocenters. The number of amides is 3. The maximum absolute atomic E-state index is 11.6. The lowest BCUT2D eigenvalue weighted by Crippen LogP contribution is -2.49. The highest BCUT2D eigenvalue weighted by molar-refractivity contribution is 5.96. The van der Waals surface area contributed by atoms with Gasteiger partial charge >= 0.3 is 6.03 Å². The maximum atomic E-state index is 11.6. The van der Waals surface area contributed by atoms with Gasteiger partial charge < -0.3 is 15.0 Å². The van der Waals surface area contributed by atoms with Crippen LogP contribution in [0, 0.1) is 5.92 Å². The lowest BCUT2D eigenvalue weighted by atomic mass is 10.1. The number of rotatable bonds is 12. The summed E-state index contributed by atoms with van der Waals surface area (Å²) in [5, 5.41) is 5.91. The molecule has 0 aromatic heterocycles. The van der Waals surface area contributed by atoms with Crippen molar-refractivity contribution >= 4 is 11.9 Å². The summed E-state index contributed by atoms with van der Waals surface area (Å²) in [7, 11) is 0. The number of urea groups is 1. The van der Waals surface area contributed by atoms with Gasteiger partial charge in [0.2, 0.25) is 5.91 Å². The molecule has 1 aliphatic rings. The highest BCUT2D eigenvalue weighted by Gasteiger charge is 2.21. The topological polar surface area (TPSA) is 70.7 Å². The maximum Gasteiger partial charge on any atom is 0.324 e. The average molecular weight is 402 g/mol. The summed E-state index contributed by atoms with van der Waals surface area (Å²) >= 11 is 0. The van der Waals surface area contributed by atoms with Gasteiger partial charge in [0.25, 0.3) is 0 Å². The SMILES string of the molecule is CC(C)COc1cccc([C@@H](C)NCCCC/C=C/CN2CCC(=O)NC2=O)c1. The Balaban J connectivity index is 1.58. The average Bonchev–Trinajstić information content (AvgIpc) is 2.69. The monoisotopic (exact) mass is 401 g/mol. The van der Waals surface area contributed by atoms with Crippen LogP contribution in [0.25, 0.3) is 0 Å². The van der Waals surface area contributed by atoms with Crippen molar-refractivity contribution in [2.24, 2.45) is 5.92 Å². The van der Waals surface area contributed by atoms with Crippen LogP contribution in [-0.2, 0) is 4.79 Å². The van der Waals surface area contributed by atoms with Crippen LogP contribution < -0.4 is 15.4 Å². The third kappa shape index (κ3) is 8.69. The van der Waals surface area contributed by atoms with Gasteiger partial charge in [0, 0.05) is 25.6 Å². The predicted octanol–water partition coefficient (Wildman–Crippen LogP) is 4.04. The Morgan fingerprint density at radius 1 is 1.21 bits per heavy atom. The van der Waals surface area contributed by atoms with E-state index >= 15 is 0 Å². The van der Waals surface area contributed by atoms with Gasteiger partial charge in [0.05, 0.1) is 6.61 Å². The molecule has 0 saturated carbocycles. The molecule has 0 aliphatic carbocycles. The Bertz CT molecular complexity index is 688. The minimum absolute atomic E-state index is 0.188. The molecule has 29 heavy (non-hydrogen) atoms. The molecule has 1 aromatic carbocycles. The van der Waals surface area contributed by atoms with Crippen LogP contribution in [0.1, 0.15) is 58.1 Å². The normalized spacial score (nSPS) is 15.8. The quantitative estimate of drug-likeness (QED) is 0.410. The first-order valence-corrected chi connectivity index (χ1v) is 10.7. The molecule has 1 aromatic rings. The molecule has 6 nitrogen and oxygen atoms in total. The fourth-order valence-corrected chi connectivity index (χ4v) is 3.05. The molecule has 2 N–H and O–H groups in total. The summed E-state index contributed by atoms with van der Waals surface area (Å²) in [6, 6.07) is 8.30. The summed E-state index contributed by atoms with van der Waals surface area (Å²) < 4.78 is 5.81. The van der Waals surface area contributed by atoms with Crippen molar-refractivity contribution in [2.45, 2.75) is 52.5 Å². The first kappa shape index (κ1) is 22.9. The van der Waals surface area contributed by atoms with Crippen molar-refractivity contribution < 1.29 is 14.3 Å². The highest BCUT2D eigenvalue weighted by Crippen LogP contribution is 2.19. The summed E-state index contributed by atoms with van der Waals surface area (Å²) in [4.78, 5) is 24.4. The fraction of sp³-hybridized carbons (Fsp3) is 0.565. The number of unbranched alkanes of at least 4 members (excludes halogenated alkanes) is 2. The van der Waals surface area contributed by atoms with Crippen LogP contribution in [0.4, 0.5) is 4.79 Å². The summed E-state index contributed by atoms with van der Waals surface area (Å²) in [6.07, 6.45) is 7.69. The molecule has 1 fully saturated rings. The zero-order valence-electron chi connectivity index (χ0n) is 17.9. The van der Waals surface area contributed by atoms with Crippen LogP contribution in [0.15, 0.2) is 36.4 Å². The number of nitrogens with one attached hydrogen (secondary N) is 2. The van der Waals surface area contributed by atoms with Crippen LogP contribution in [-0.4, -0.2) is 43.1 Å². The van der Waals surface area contributed by atoms with Crippen LogP contribution in [0.3, 0.4) is 0 Å². The van der Waals surface area contributed by atoms with E-state index in [0.29, 0.717) is 25.4 Å². The van der Waals surface area contributed by atoms with Gasteiger partial charge in [-0.15, -0.1) is 0 Å². The van der Waals surface area contributed by atoms with E-state index in [9.17, 15) is 9.59 Å². The Morgan fingerprint density at radius 3 is 2.79 bits per heavy atom.